The van der Waals surface area contributed by atoms with E-state index in [4.69, 9.17) is 4.42 Å². The van der Waals surface area contributed by atoms with Gasteiger partial charge < -0.3 is 14.7 Å². The van der Waals surface area contributed by atoms with Crippen LogP contribution in [0.3, 0.4) is 0 Å². The number of nitrogens with zero attached hydrogens (tertiary/aromatic N) is 1. The van der Waals surface area contributed by atoms with Crippen molar-refractivity contribution in [1.29, 1.82) is 0 Å². The highest BCUT2D eigenvalue weighted by atomic mass is 16.3. The molecule has 1 atom stereocenters. The van der Waals surface area contributed by atoms with Crippen LogP contribution in [0, 0.1) is 6.92 Å². The first kappa shape index (κ1) is 11.8. The van der Waals surface area contributed by atoms with E-state index in [1.807, 2.05) is 25.1 Å². The predicted molar refractivity (Wildman–Crippen MR) is 76.3 cm³/mol. The molecule has 0 spiro atoms. The van der Waals surface area contributed by atoms with Crippen LogP contribution in [0.15, 0.2) is 41.0 Å². The molecular weight excluding hydrogens is 238 g/mol. The molecule has 1 unspecified atom stereocenters. The summed E-state index contributed by atoms with van der Waals surface area (Å²) in [6.07, 6.45) is 2.58. The Labute approximate surface area is 111 Å². The number of aromatic amines is 1. The zero-order chi connectivity index (χ0) is 13.2. The molecule has 2 N–H and O–H groups in total. The van der Waals surface area contributed by atoms with E-state index in [0.717, 1.165) is 34.7 Å². The lowest BCUT2D eigenvalue weighted by Gasteiger charge is -2.13. The fraction of sp³-hybridized carbons (Fsp3) is 0.267. The second-order valence-corrected chi connectivity index (χ2v) is 4.88. The highest BCUT2D eigenvalue weighted by molar-refractivity contribution is 5.79. The van der Waals surface area contributed by atoms with E-state index in [1.54, 1.807) is 6.26 Å². The number of hydrogen-bond donors (Lipinski definition) is 2. The van der Waals surface area contributed by atoms with Crippen LogP contribution in [-0.2, 0) is 6.42 Å². The molecule has 2 heterocycles. The standard InChI is InChI=1S/C15H17N3O/c1-10(8-13-4-3-7-19-13)16-12-5-6-14-15(9-12)18-11(2)17-14/h3-7,9-10,16H,8H2,1-2H3,(H,17,18). The fourth-order valence-electron chi connectivity index (χ4n) is 2.29. The Morgan fingerprint density at radius 3 is 3.05 bits per heavy atom. The molecule has 0 saturated carbocycles. The summed E-state index contributed by atoms with van der Waals surface area (Å²) in [5.41, 5.74) is 3.16. The van der Waals surface area contributed by atoms with Crippen molar-refractivity contribution < 1.29 is 4.42 Å². The minimum Gasteiger partial charge on any atom is -0.469 e. The maximum Gasteiger partial charge on any atom is 0.105 e. The first-order chi connectivity index (χ1) is 9.20. The average Bonchev–Trinajstić information content (AvgIpc) is 2.96. The highest BCUT2D eigenvalue weighted by Gasteiger charge is 2.07. The predicted octanol–water partition coefficient (Wildman–Crippen LogP) is 3.51. The monoisotopic (exact) mass is 255 g/mol. The SMILES string of the molecule is Cc1nc2ccc(NC(C)Cc3ccco3)cc2[nH]1. The zero-order valence-electron chi connectivity index (χ0n) is 11.1. The maximum atomic E-state index is 5.36. The molecule has 3 aromatic rings. The summed E-state index contributed by atoms with van der Waals surface area (Å²) >= 11 is 0. The summed E-state index contributed by atoms with van der Waals surface area (Å²) in [5.74, 6) is 1.94. The number of aromatic nitrogens is 2. The molecule has 4 nitrogen and oxygen atoms in total. The van der Waals surface area contributed by atoms with Gasteiger partial charge in [-0.25, -0.2) is 4.98 Å². The number of nitrogens with one attached hydrogen (secondary N) is 2. The summed E-state index contributed by atoms with van der Waals surface area (Å²) in [6.45, 7) is 4.11. The largest absolute Gasteiger partial charge is 0.469 e. The number of imidazole rings is 1. The summed E-state index contributed by atoms with van der Waals surface area (Å²) in [4.78, 5) is 7.64. The van der Waals surface area contributed by atoms with E-state index in [9.17, 15) is 0 Å². The second kappa shape index (κ2) is 4.80. The van der Waals surface area contributed by atoms with Crippen molar-refractivity contribution in [3.05, 3.63) is 48.2 Å². The maximum absolute atomic E-state index is 5.36. The Balaban J connectivity index is 1.73. The van der Waals surface area contributed by atoms with Crippen molar-refractivity contribution in [2.45, 2.75) is 26.3 Å². The fourth-order valence-corrected chi connectivity index (χ4v) is 2.29. The Morgan fingerprint density at radius 1 is 1.37 bits per heavy atom. The lowest BCUT2D eigenvalue weighted by Crippen LogP contribution is -2.17. The normalized spacial score (nSPS) is 12.7. The van der Waals surface area contributed by atoms with Crippen molar-refractivity contribution in [3.8, 4) is 0 Å². The average molecular weight is 255 g/mol. The van der Waals surface area contributed by atoms with Gasteiger partial charge in [0.05, 0.1) is 17.3 Å². The van der Waals surface area contributed by atoms with Gasteiger partial charge in [-0.3, -0.25) is 0 Å². The molecule has 19 heavy (non-hydrogen) atoms. The summed E-state index contributed by atoms with van der Waals surface area (Å²) < 4.78 is 5.36. The smallest absolute Gasteiger partial charge is 0.105 e. The molecule has 2 aromatic heterocycles. The number of anilines is 1. The van der Waals surface area contributed by atoms with Gasteiger partial charge in [-0.2, -0.15) is 0 Å². The van der Waals surface area contributed by atoms with Crippen LogP contribution in [0.4, 0.5) is 5.69 Å². The number of H-pyrrole nitrogens is 1. The number of hydrogen-bond acceptors (Lipinski definition) is 3. The van der Waals surface area contributed by atoms with Gasteiger partial charge in [0.2, 0.25) is 0 Å². The van der Waals surface area contributed by atoms with Crippen molar-refractivity contribution in [1.82, 2.24) is 9.97 Å². The lowest BCUT2D eigenvalue weighted by molar-refractivity contribution is 0.498. The Morgan fingerprint density at radius 2 is 2.26 bits per heavy atom. The second-order valence-electron chi connectivity index (χ2n) is 4.88. The molecule has 3 rings (SSSR count). The van der Waals surface area contributed by atoms with Crippen molar-refractivity contribution in [2.75, 3.05) is 5.32 Å². The van der Waals surface area contributed by atoms with Crippen LogP contribution in [0.2, 0.25) is 0 Å². The molecule has 0 bridgehead atoms. The molecule has 0 aliphatic carbocycles. The molecule has 0 aliphatic heterocycles. The number of rotatable bonds is 4. The van der Waals surface area contributed by atoms with Gasteiger partial charge in [0.25, 0.3) is 0 Å². The van der Waals surface area contributed by atoms with E-state index in [-0.39, 0.29) is 0 Å². The molecule has 0 aliphatic rings. The lowest BCUT2D eigenvalue weighted by atomic mass is 10.2. The number of furan rings is 1. The molecule has 0 saturated heterocycles. The molecule has 4 heteroatoms. The van der Waals surface area contributed by atoms with Gasteiger partial charge in [0, 0.05) is 18.2 Å². The van der Waals surface area contributed by atoms with E-state index in [2.05, 4.69) is 34.3 Å². The van der Waals surface area contributed by atoms with Crippen LogP contribution >= 0.6 is 0 Å². The van der Waals surface area contributed by atoms with Crippen molar-refractivity contribution in [2.24, 2.45) is 0 Å². The van der Waals surface area contributed by atoms with E-state index >= 15 is 0 Å². The molecule has 0 amide bonds. The third kappa shape index (κ3) is 2.62. The topological polar surface area (TPSA) is 53.9 Å². The Kier molecular flexibility index (Phi) is 2.99. The third-order valence-corrected chi connectivity index (χ3v) is 3.10. The number of fused-ring (bicyclic) bond motifs is 1. The Hall–Kier alpha value is -2.23. The van der Waals surface area contributed by atoms with Crippen molar-refractivity contribution >= 4 is 16.7 Å². The highest BCUT2D eigenvalue weighted by Crippen LogP contribution is 2.18. The summed E-state index contributed by atoms with van der Waals surface area (Å²) in [6, 6.07) is 10.4. The minimum atomic E-state index is 0.313. The number of benzene rings is 1. The van der Waals surface area contributed by atoms with Crippen molar-refractivity contribution in [3.63, 3.8) is 0 Å². The molecule has 1 aromatic carbocycles. The van der Waals surface area contributed by atoms with Crippen LogP contribution < -0.4 is 5.32 Å². The Bertz CT molecular complexity index is 670. The summed E-state index contributed by atoms with van der Waals surface area (Å²) in [7, 11) is 0. The van der Waals surface area contributed by atoms with Gasteiger partial charge in [0.15, 0.2) is 0 Å². The minimum absolute atomic E-state index is 0.313. The van der Waals surface area contributed by atoms with Gasteiger partial charge in [0.1, 0.15) is 11.6 Å². The molecule has 98 valence electrons. The third-order valence-electron chi connectivity index (χ3n) is 3.10. The van der Waals surface area contributed by atoms with Crippen LogP contribution in [0.1, 0.15) is 18.5 Å². The molecule has 0 fully saturated rings. The summed E-state index contributed by atoms with van der Waals surface area (Å²) in [5, 5.41) is 3.47. The molecule has 0 radical (unpaired) electrons. The first-order valence-corrected chi connectivity index (χ1v) is 6.46. The van der Waals surface area contributed by atoms with Gasteiger partial charge >= 0.3 is 0 Å². The quantitative estimate of drug-likeness (QED) is 0.750. The van der Waals surface area contributed by atoms with E-state index < -0.39 is 0 Å². The first-order valence-electron chi connectivity index (χ1n) is 6.46. The molecular formula is C15H17N3O. The zero-order valence-corrected chi connectivity index (χ0v) is 11.1. The van der Waals surface area contributed by atoms with Crippen LogP contribution in [0.25, 0.3) is 11.0 Å². The van der Waals surface area contributed by atoms with Gasteiger partial charge in [-0.15, -0.1) is 0 Å². The van der Waals surface area contributed by atoms with Gasteiger partial charge in [-0.1, -0.05) is 0 Å². The van der Waals surface area contributed by atoms with Gasteiger partial charge in [-0.05, 0) is 44.2 Å². The van der Waals surface area contributed by atoms with Crippen LogP contribution in [-0.4, -0.2) is 16.0 Å². The number of aryl methyl sites for hydroxylation is 1. The van der Waals surface area contributed by atoms with E-state index in [0.29, 0.717) is 6.04 Å². The van der Waals surface area contributed by atoms with E-state index in [1.165, 1.54) is 0 Å². The van der Waals surface area contributed by atoms with Crippen LogP contribution in [0.5, 0.6) is 0 Å².